The summed E-state index contributed by atoms with van der Waals surface area (Å²) >= 11 is 0. The lowest BCUT2D eigenvalue weighted by Gasteiger charge is -2.19. The second kappa shape index (κ2) is 4.34. The molecule has 0 heterocycles. The van der Waals surface area contributed by atoms with Gasteiger partial charge in [0.2, 0.25) is 0 Å². The van der Waals surface area contributed by atoms with Gasteiger partial charge in [-0.25, -0.2) is 0 Å². The molecule has 0 aliphatic heterocycles. The van der Waals surface area contributed by atoms with Gasteiger partial charge in [-0.2, -0.15) is 0 Å². The molecular formula is C8H16O3. The summed E-state index contributed by atoms with van der Waals surface area (Å²) in [6, 6.07) is 0. The van der Waals surface area contributed by atoms with Crippen molar-refractivity contribution in [2.24, 2.45) is 0 Å². The molecule has 0 spiro atoms. The van der Waals surface area contributed by atoms with Crippen molar-refractivity contribution in [3.8, 4) is 0 Å². The molecule has 0 bridgehead atoms. The van der Waals surface area contributed by atoms with Gasteiger partial charge >= 0.3 is 5.97 Å². The summed E-state index contributed by atoms with van der Waals surface area (Å²) in [4.78, 5) is 11.3. The summed E-state index contributed by atoms with van der Waals surface area (Å²) in [5.74, 6) is -1.31. The Bertz CT molecular complexity index is 245. The van der Waals surface area contributed by atoms with E-state index >= 15 is 0 Å². The van der Waals surface area contributed by atoms with E-state index in [2.05, 4.69) is 0 Å². The van der Waals surface area contributed by atoms with E-state index in [-0.39, 0.29) is 0 Å². The average molecular weight is 164 g/mol. The van der Waals surface area contributed by atoms with Crippen LogP contribution in [0.2, 0.25) is 0 Å². The first-order valence-corrected chi connectivity index (χ1v) is 3.28. The number of rotatable bonds is 3. The van der Waals surface area contributed by atoms with Crippen LogP contribution in [0.3, 0.4) is 0 Å². The maximum absolute atomic E-state index is 11.3. The zero-order valence-corrected chi connectivity index (χ0v) is 6.97. The minimum absolute atomic E-state index is 0.893. The van der Waals surface area contributed by atoms with Gasteiger partial charge in [0.25, 0.3) is 0 Å². The van der Waals surface area contributed by atoms with Crippen LogP contribution in [-0.2, 0) is 9.53 Å². The molecule has 3 heteroatoms. The monoisotopic (exact) mass is 164 g/mol. The van der Waals surface area contributed by atoms with Crippen LogP contribution in [0, 0.1) is 0 Å². The Balaban J connectivity index is 4.82. The molecule has 0 saturated carbocycles. The minimum Gasteiger partial charge on any atom is -0.460 e. The van der Waals surface area contributed by atoms with E-state index in [0.29, 0.717) is 0 Å². The second-order valence-corrected chi connectivity index (χ2v) is 2.96. The smallest absolute Gasteiger partial charge is 0.306 e. The third kappa shape index (κ3) is 7.33. The van der Waals surface area contributed by atoms with E-state index in [4.69, 9.17) is 15.3 Å². The fourth-order valence-corrected chi connectivity index (χ4v) is 0.415. The first-order valence-electron chi connectivity index (χ1n) is 5.28. The Morgan fingerprint density at radius 3 is 2.55 bits per heavy atom. The van der Waals surface area contributed by atoms with Crippen LogP contribution in [0.5, 0.6) is 0 Å². The molecule has 3 nitrogen and oxygen atoms in total. The molecule has 0 aromatic heterocycles. The number of hydrogen-bond acceptors (Lipinski definition) is 3. The molecule has 0 fully saturated rings. The summed E-state index contributed by atoms with van der Waals surface area (Å²) in [5.41, 5.74) is -0.893. The zero-order valence-electron chi connectivity index (χ0n) is 11.0. The van der Waals surface area contributed by atoms with Gasteiger partial charge in [-0.1, -0.05) is 0 Å². The van der Waals surface area contributed by atoms with Crippen LogP contribution in [0.25, 0.3) is 0 Å². The van der Waals surface area contributed by atoms with Gasteiger partial charge in [-0.05, 0) is 27.1 Å². The highest BCUT2D eigenvalue weighted by atomic mass is 16.6. The number of aliphatic hydroxyl groups excluding tert-OH is 1. The van der Waals surface area contributed by atoms with Crippen LogP contribution in [-0.4, -0.2) is 23.3 Å². The van der Waals surface area contributed by atoms with Crippen molar-refractivity contribution < 1.29 is 20.1 Å². The predicted octanol–water partition coefficient (Wildman–Crippen LogP) is 1.10. The molecule has 0 amide bonds. The maximum Gasteiger partial charge on any atom is 0.306 e. The van der Waals surface area contributed by atoms with Gasteiger partial charge in [0, 0.05) is 18.5 Å². The van der Waals surface area contributed by atoms with E-state index in [1.807, 2.05) is 0 Å². The van der Waals surface area contributed by atoms with Crippen molar-refractivity contribution in [3.63, 3.8) is 0 Å². The molecule has 66 valence electrons. The quantitative estimate of drug-likeness (QED) is 0.635. The van der Waals surface area contributed by atoms with E-state index in [0.717, 1.165) is 0 Å². The first-order chi connectivity index (χ1) is 6.44. The van der Waals surface area contributed by atoms with Crippen molar-refractivity contribution in [1.82, 2.24) is 0 Å². The summed E-state index contributed by atoms with van der Waals surface area (Å²) in [5, 5.41) is 8.65. The Morgan fingerprint density at radius 1 is 1.64 bits per heavy atom. The number of hydrogen-bond donors (Lipinski definition) is 1. The van der Waals surface area contributed by atoms with E-state index < -0.39 is 30.9 Å². The molecule has 0 aliphatic carbocycles. The Morgan fingerprint density at radius 2 is 2.18 bits per heavy atom. The molecule has 1 N–H and O–H groups in total. The maximum atomic E-state index is 11.3. The molecule has 0 atom stereocenters. The number of aliphatic hydroxyl groups is 1. The van der Waals surface area contributed by atoms with E-state index in [1.54, 1.807) is 20.8 Å². The average Bonchev–Trinajstić information content (AvgIpc) is 2.00. The van der Waals surface area contributed by atoms with Crippen molar-refractivity contribution in [1.29, 1.82) is 0 Å². The molecule has 0 unspecified atom stereocenters. The number of ether oxygens (including phenoxy) is 1. The molecular weight excluding hydrogens is 144 g/mol. The van der Waals surface area contributed by atoms with Crippen LogP contribution in [0.4, 0.5) is 0 Å². The minimum atomic E-state index is -2.87. The van der Waals surface area contributed by atoms with E-state index in [9.17, 15) is 4.79 Å². The predicted molar refractivity (Wildman–Crippen MR) is 42.2 cm³/mol. The third-order valence-corrected chi connectivity index (χ3v) is 0.668. The summed E-state index contributed by atoms with van der Waals surface area (Å²) in [6.45, 7) is 3.57. The van der Waals surface area contributed by atoms with Crippen molar-refractivity contribution >= 4 is 5.97 Å². The lowest BCUT2D eigenvalue weighted by Crippen LogP contribution is -2.23. The SMILES string of the molecule is [2H]C([2H])(CO)C([2H])([2H])C(=O)OC(C)(C)C. The van der Waals surface area contributed by atoms with Gasteiger partial charge in [-0.15, -0.1) is 0 Å². The van der Waals surface area contributed by atoms with Crippen molar-refractivity contribution in [2.75, 3.05) is 6.61 Å². The molecule has 0 aromatic rings. The number of carbonyl (C=O) groups is 1. The van der Waals surface area contributed by atoms with Gasteiger partial charge in [-0.3, -0.25) is 4.79 Å². The lowest BCUT2D eigenvalue weighted by atomic mass is 10.2. The summed E-state index contributed by atoms with van der Waals surface area (Å²) < 4.78 is 33.6. The van der Waals surface area contributed by atoms with Gasteiger partial charge < -0.3 is 9.84 Å². The Hall–Kier alpha value is -0.570. The summed E-state index contributed by atoms with van der Waals surface area (Å²) in [7, 11) is 0. The Kier molecular flexibility index (Phi) is 2.03. The second-order valence-electron chi connectivity index (χ2n) is 2.96. The fraction of sp³-hybridized carbons (Fsp3) is 0.875. The zero-order chi connectivity index (χ0) is 12.5. The number of carbonyl (C=O) groups excluding carboxylic acids is 1. The van der Waals surface area contributed by atoms with Crippen molar-refractivity contribution in [3.05, 3.63) is 0 Å². The topological polar surface area (TPSA) is 46.5 Å². The fourth-order valence-electron chi connectivity index (χ4n) is 0.415. The van der Waals surface area contributed by atoms with Crippen LogP contribution >= 0.6 is 0 Å². The lowest BCUT2D eigenvalue weighted by molar-refractivity contribution is -0.155. The van der Waals surface area contributed by atoms with Crippen molar-refractivity contribution in [2.45, 2.75) is 39.1 Å². The van der Waals surface area contributed by atoms with Gasteiger partial charge in [0.1, 0.15) is 5.60 Å². The normalized spacial score (nSPS) is 19.3. The molecule has 0 aromatic carbocycles. The molecule has 0 saturated heterocycles. The highest BCUT2D eigenvalue weighted by molar-refractivity contribution is 5.69. The van der Waals surface area contributed by atoms with Crippen LogP contribution in [0.15, 0.2) is 0 Å². The highest BCUT2D eigenvalue weighted by Crippen LogP contribution is 2.08. The molecule has 11 heavy (non-hydrogen) atoms. The number of esters is 1. The standard InChI is InChI=1S/C8H16O3/c1-8(2,3)11-7(10)5-4-6-9/h9H,4-6H2,1-3H3/i4D2,5D2. The first kappa shape index (κ1) is 5.14. The Labute approximate surface area is 73.0 Å². The third-order valence-electron chi connectivity index (χ3n) is 0.668. The largest absolute Gasteiger partial charge is 0.460 e. The molecule has 0 radical (unpaired) electrons. The van der Waals surface area contributed by atoms with E-state index in [1.165, 1.54) is 0 Å². The molecule has 0 rings (SSSR count). The summed E-state index contributed by atoms with van der Waals surface area (Å²) in [6.07, 6.45) is -5.52. The van der Waals surface area contributed by atoms with Gasteiger partial charge in [0.05, 0.1) is 0 Å². The van der Waals surface area contributed by atoms with Gasteiger partial charge in [0.15, 0.2) is 0 Å². The van der Waals surface area contributed by atoms with Crippen LogP contribution < -0.4 is 0 Å². The van der Waals surface area contributed by atoms with Crippen LogP contribution in [0.1, 0.15) is 39.0 Å². The molecule has 0 aliphatic rings. The highest BCUT2D eigenvalue weighted by Gasteiger charge is 2.15.